The zero-order valence-corrected chi connectivity index (χ0v) is 22.3. The summed E-state index contributed by atoms with van der Waals surface area (Å²) in [5, 5.41) is 9.29. The Bertz CT molecular complexity index is 2280. The van der Waals surface area contributed by atoms with E-state index < -0.39 is 0 Å². The first-order chi connectivity index (χ1) is 19.8. The molecule has 0 spiro atoms. The van der Waals surface area contributed by atoms with Crippen LogP contribution in [-0.4, -0.2) is 9.13 Å². The fourth-order valence-electron chi connectivity index (χ4n) is 7.30. The Morgan fingerprint density at radius 3 is 1.73 bits per heavy atom. The number of hydrogen-bond donors (Lipinski definition) is 0. The van der Waals surface area contributed by atoms with Gasteiger partial charge in [0, 0.05) is 33.2 Å². The molecule has 2 nitrogen and oxygen atoms in total. The second-order valence-corrected chi connectivity index (χ2v) is 11.2. The molecule has 0 N–H and O–H groups in total. The molecule has 2 heteroatoms. The number of aryl methyl sites for hydroxylation is 1. The first kappa shape index (κ1) is 22.0. The van der Waals surface area contributed by atoms with Gasteiger partial charge in [0.15, 0.2) is 0 Å². The number of rotatable bonds is 2. The predicted octanol–water partition coefficient (Wildman–Crippen LogP) is 9.91. The lowest BCUT2D eigenvalue weighted by Crippen LogP contribution is -2.06. The van der Waals surface area contributed by atoms with E-state index in [9.17, 15) is 0 Å². The molecule has 0 radical (unpaired) electrons. The van der Waals surface area contributed by atoms with Crippen LogP contribution in [0.3, 0.4) is 0 Å². The van der Waals surface area contributed by atoms with Crippen LogP contribution in [-0.2, 0) is 12.8 Å². The van der Waals surface area contributed by atoms with Gasteiger partial charge in [-0.15, -0.1) is 0 Å². The number of nitrogens with zero attached hydrogens (tertiary/aromatic N) is 2. The van der Waals surface area contributed by atoms with Gasteiger partial charge in [-0.3, -0.25) is 0 Å². The van der Waals surface area contributed by atoms with E-state index >= 15 is 0 Å². The van der Waals surface area contributed by atoms with Gasteiger partial charge in [0.25, 0.3) is 0 Å². The number of aromatic nitrogens is 2. The molecule has 0 aliphatic heterocycles. The lowest BCUT2D eigenvalue weighted by molar-refractivity contribution is 0.667. The number of para-hydroxylation sites is 1. The summed E-state index contributed by atoms with van der Waals surface area (Å²) in [5.74, 6) is 0. The summed E-state index contributed by atoms with van der Waals surface area (Å²) in [7, 11) is 0. The molecule has 190 valence electrons. The summed E-state index contributed by atoms with van der Waals surface area (Å²) in [4.78, 5) is 0. The molecule has 2 heterocycles. The fourth-order valence-corrected chi connectivity index (χ4v) is 7.30. The maximum atomic E-state index is 2.57. The Labute approximate surface area is 232 Å². The van der Waals surface area contributed by atoms with Crippen molar-refractivity contribution >= 4 is 54.3 Å². The summed E-state index contributed by atoms with van der Waals surface area (Å²) >= 11 is 0. The molecule has 2 aromatic heterocycles. The molecule has 0 unspecified atom stereocenters. The second kappa shape index (κ2) is 8.34. The van der Waals surface area contributed by atoms with Crippen molar-refractivity contribution in [3.05, 3.63) is 133 Å². The largest absolute Gasteiger partial charge is 0.313 e. The van der Waals surface area contributed by atoms with Crippen molar-refractivity contribution in [2.45, 2.75) is 25.7 Å². The molecule has 0 atom stereocenters. The van der Waals surface area contributed by atoms with E-state index in [0.717, 1.165) is 12.8 Å². The lowest BCUT2D eigenvalue weighted by atomic mass is 9.94. The summed E-state index contributed by atoms with van der Waals surface area (Å²) in [5.41, 5.74) is 9.40. The van der Waals surface area contributed by atoms with Crippen molar-refractivity contribution in [2.75, 3.05) is 0 Å². The molecule has 0 saturated carbocycles. The highest BCUT2D eigenvalue weighted by Gasteiger charge is 2.25. The maximum absolute atomic E-state index is 2.57. The minimum absolute atomic E-state index is 1.13. The van der Waals surface area contributed by atoms with Gasteiger partial charge < -0.3 is 9.13 Å². The van der Waals surface area contributed by atoms with Gasteiger partial charge in [-0.2, -0.15) is 0 Å². The maximum Gasteiger partial charge on any atom is 0.0548 e. The van der Waals surface area contributed by atoms with E-state index in [2.05, 4.69) is 130 Å². The zero-order chi connectivity index (χ0) is 26.2. The predicted molar refractivity (Wildman–Crippen MR) is 169 cm³/mol. The molecule has 9 rings (SSSR count). The van der Waals surface area contributed by atoms with Gasteiger partial charge in [0.1, 0.15) is 0 Å². The van der Waals surface area contributed by atoms with E-state index in [0.29, 0.717) is 0 Å². The minimum atomic E-state index is 1.13. The van der Waals surface area contributed by atoms with Crippen LogP contribution in [0.25, 0.3) is 65.6 Å². The molecule has 1 aliphatic rings. The highest BCUT2D eigenvalue weighted by molar-refractivity contribution is 6.22. The molecule has 1 aliphatic carbocycles. The van der Waals surface area contributed by atoms with Crippen molar-refractivity contribution in [1.29, 1.82) is 0 Å². The highest BCUT2D eigenvalue weighted by atomic mass is 15.0. The summed E-state index contributed by atoms with van der Waals surface area (Å²) < 4.78 is 5.04. The van der Waals surface area contributed by atoms with Gasteiger partial charge in [-0.1, -0.05) is 78.9 Å². The van der Waals surface area contributed by atoms with Gasteiger partial charge >= 0.3 is 0 Å². The average molecular weight is 513 g/mol. The Morgan fingerprint density at radius 1 is 0.425 bits per heavy atom. The van der Waals surface area contributed by atoms with Crippen LogP contribution < -0.4 is 0 Å². The van der Waals surface area contributed by atoms with E-state index in [1.54, 1.807) is 5.56 Å². The molecular formula is C38H28N2. The minimum Gasteiger partial charge on any atom is -0.313 e. The van der Waals surface area contributed by atoms with Crippen LogP contribution in [0.2, 0.25) is 0 Å². The SMILES string of the molecule is c1ccc2cc(-n3c4c(c5c6c7ccccc7n(-c7ccc8ccccc8c7)c6ccc53)CCCC4)ccc2c1. The number of hydrogen-bond acceptors (Lipinski definition) is 0. The van der Waals surface area contributed by atoms with E-state index in [4.69, 9.17) is 0 Å². The summed E-state index contributed by atoms with van der Waals surface area (Å²) in [6.07, 6.45) is 4.77. The third-order valence-electron chi connectivity index (χ3n) is 9.05. The van der Waals surface area contributed by atoms with Crippen LogP contribution >= 0.6 is 0 Å². The van der Waals surface area contributed by atoms with Crippen LogP contribution in [0, 0.1) is 0 Å². The Morgan fingerprint density at radius 2 is 1.00 bits per heavy atom. The van der Waals surface area contributed by atoms with Crippen LogP contribution in [0.15, 0.2) is 121 Å². The molecule has 8 aromatic rings. The Balaban J connectivity index is 1.40. The summed E-state index contributed by atoms with van der Waals surface area (Å²) in [6, 6.07) is 44.8. The van der Waals surface area contributed by atoms with Crippen LogP contribution in [0.5, 0.6) is 0 Å². The normalized spacial score (nSPS) is 13.6. The third kappa shape index (κ3) is 3.05. The van der Waals surface area contributed by atoms with Gasteiger partial charge in [-0.25, -0.2) is 0 Å². The lowest BCUT2D eigenvalue weighted by Gasteiger charge is -2.16. The van der Waals surface area contributed by atoms with Crippen molar-refractivity contribution in [1.82, 2.24) is 9.13 Å². The summed E-state index contributed by atoms with van der Waals surface area (Å²) in [6.45, 7) is 0. The fraction of sp³-hybridized carbons (Fsp3) is 0.105. The van der Waals surface area contributed by atoms with Crippen molar-refractivity contribution < 1.29 is 0 Å². The third-order valence-corrected chi connectivity index (χ3v) is 9.05. The van der Waals surface area contributed by atoms with Crippen molar-refractivity contribution in [3.8, 4) is 11.4 Å². The quantitative estimate of drug-likeness (QED) is 0.218. The topological polar surface area (TPSA) is 9.86 Å². The van der Waals surface area contributed by atoms with Crippen LogP contribution in [0.1, 0.15) is 24.1 Å². The molecule has 40 heavy (non-hydrogen) atoms. The number of benzene rings is 6. The van der Waals surface area contributed by atoms with Crippen LogP contribution in [0.4, 0.5) is 0 Å². The molecule has 0 amide bonds. The van der Waals surface area contributed by atoms with Gasteiger partial charge in [0.2, 0.25) is 0 Å². The first-order valence-corrected chi connectivity index (χ1v) is 14.4. The highest BCUT2D eigenvalue weighted by Crippen LogP contribution is 2.43. The Kier molecular flexibility index (Phi) is 4.59. The zero-order valence-electron chi connectivity index (χ0n) is 22.3. The monoisotopic (exact) mass is 512 g/mol. The van der Waals surface area contributed by atoms with Gasteiger partial charge in [-0.05, 0) is 95.3 Å². The molecular weight excluding hydrogens is 484 g/mol. The first-order valence-electron chi connectivity index (χ1n) is 14.4. The molecule has 0 bridgehead atoms. The molecule has 0 fully saturated rings. The van der Waals surface area contributed by atoms with E-state index in [-0.39, 0.29) is 0 Å². The van der Waals surface area contributed by atoms with E-state index in [1.165, 1.54) is 84.2 Å². The number of fused-ring (bicyclic) bond motifs is 9. The molecule has 0 saturated heterocycles. The average Bonchev–Trinajstić information content (AvgIpc) is 3.53. The van der Waals surface area contributed by atoms with Crippen molar-refractivity contribution in [3.63, 3.8) is 0 Å². The Hall–Kier alpha value is -4.82. The smallest absolute Gasteiger partial charge is 0.0548 e. The second-order valence-electron chi connectivity index (χ2n) is 11.2. The van der Waals surface area contributed by atoms with Gasteiger partial charge in [0.05, 0.1) is 16.6 Å². The molecule has 6 aromatic carbocycles. The standard InChI is InChI=1S/C38H28N2/c1-3-11-27-23-29(19-17-25(27)9-1)39-33-15-7-5-13-31(33)37-35(39)21-22-36-38(37)32-14-6-8-16-34(32)40(36)30-20-18-26-10-2-4-12-28(26)24-30/h1-5,7,9-13,15,17-24H,6,8,14,16H2. The van der Waals surface area contributed by atoms with Crippen molar-refractivity contribution in [2.24, 2.45) is 0 Å². The van der Waals surface area contributed by atoms with E-state index in [1.807, 2.05) is 0 Å².